The van der Waals surface area contributed by atoms with Gasteiger partial charge in [-0.25, -0.2) is 15.0 Å². The highest BCUT2D eigenvalue weighted by molar-refractivity contribution is 5.94. The summed E-state index contributed by atoms with van der Waals surface area (Å²) in [6, 6.07) is 21.8. The number of nitrogens with one attached hydrogen (secondary N) is 1. The van der Waals surface area contributed by atoms with Gasteiger partial charge < -0.3 is 15.1 Å². The number of hydrogen-bond acceptors (Lipinski definition) is 8. The van der Waals surface area contributed by atoms with Gasteiger partial charge >= 0.3 is 0 Å². The summed E-state index contributed by atoms with van der Waals surface area (Å²) in [6.07, 6.45) is 3.49. The van der Waals surface area contributed by atoms with E-state index in [4.69, 9.17) is 9.97 Å². The van der Waals surface area contributed by atoms with E-state index in [2.05, 4.69) is 25.1 Å². The van der Waals surface area contributed by atoms with Gasteiger partial charge in [-0.1, -0.05) is 30.3 Å². The highest BCUT2D eigenvalue weighted by atomic mass is 16.1. The topological polar surface area (TPSA) is 109 Å². The summed E-state index contributed by atoms with van der Waals surface area (Å²) in [6.45, 7) is 5.24. The van der Waals surface area contributed by atoms with Crippen LogP contribution >= 0.6 is 0 Å². The van der Waals surface area contributed by atoms with Gasteiger partial charge in [-0.2, -0.15) is 4.98 Å². The third-order valence-electron chi connectivity index (χ3n) is 7.01. The number of pyridine rings is 1. The molecule has 1 amide bonds. The zero-order valence-corrected chi connectivity index (χ0v) is 22.1. The fraction of sp³-hybridized carbons (Fsp3) is 0.200. The molecule has 1 N–H and O–H groups in total. The van der Waals surface area contributed by atoms with Crippen molar-refractivity contribution in [1.82, 2.24) is 29.8 Å². The van der Waals surface area contributed by atoms with Gasteiger partial charge in [0.1, 0.15) is 0 Å². The van der Waals surface area contributed by atoms with Crippen molar-refractivity contribution in [3.05, 3.63) is 112 Å². The van der Waals surface area contributed by atoms with Crippen LogP contribution in [-0.2, 0) is 6.54 Å². The van der Waals surface area contributed by atoms with Crippen LogP contribution in [-0.4, -0.2) is 56.6 Å². The van der Waals surface area contributed by atoms with E-state index in [0.717, 1.165) is 29.7 Å². The molecule has 2 aromatic carbocycles. The molecular formula is C30H28N8O2. The molecule has 0 aliphatic carbocycles. The van der Waals surface area contributed by atoms with Crippen molar-refractivity contribution in [3.8, 4) is 5.69 Å². The summed E-state index contributed by atoms with van der Waals surface area (Å²) in [5, 5.41) is 3.73. The quantitative estimate of drug-likeness (QED) is 0.355. The lowest BCUT2D eigenvalue weighted by Crippen LogP contribution is -2.47. The number of hydrogen-bond donors (Lipinski definition) is 1. The molecule has 0 saturated carbocycles. The minimum absolute atomic E-state index is 0.179. The van der Waals surface area contributed by atoms with E-state index >= 15 is 0 Å². The zero-order chi connectivity index (χ0) is 27.5. The van der Waals surface area contributed by atoms with Gasteiger partial charge in [0.25, 0.3) is 11.5 Å². The Hall–Kier alpha value is -5.12. The number of anilines is 2. The normalized spacial score (nSPS) is 13.4. The summed E-state index contributed by atoms with van der Waals surface area (Å²) in [4.78, 5) is 48.4. The SMILES string of the molecule is Cc1nc(N2CCN(c3ncccn3)CC2)nc2c1ccc(=O)n2-c1ccc(C(=O)NCc2ccccc2)cc1. The Morgan fingerprint density at radius 3 is 2.17 bits per heavy atom. The Bertz CT molecular complexity index is 1700. The van der Waals surface area contributed by atoms with E-state index < -0.39 is 0 Å². The monoisotopic (exact) mass is 532 g/mol. The minimum Gasteiger partial charge on any atom is -0.348 e. The molecule has 0 spiro atoms. The number of amides is 1. The molecule has 0 bridgehead atoms. The molecule has 1 fully saturated rings. The predicted molar refractivity (Wildman–Crippen MR) is 154 cm³/mol. The van der Waals surface area contributed by atoms with Crippen molar-refractivity contribution in [3.63, 3.8) is 0 Å². The third-order valence-corrected chi connectivity index (χ3v) is 7.01. The Kier molecular flexibility index (Phi) is 6.88. The first-order valence-corrected chi connectivity index (χ1v) is 13.2. The van der Waals surface area contributed by atoms with E-state index in [-0.39, 0.29) is 11.5 Å². The Morgan fingerprint density at radius 1 is 0.800 bits per heavy atom. The number of carbonyl (C=O) groups excluding carboxylic acids is 1. The summed E-state index contributed by atoms with van der Waals surface area (Å²) < 4.78 is 1.58. The summed E-state index contributed by atoms with van der Waals surface area (Å²) in [7, 11) is 0. The van der Waals surface area contributed by atoms with E-state index in [9.17, 15) is 9.59 Å². The second-order valence-electron chi connectivity index (χ2n) is 9.59. The fourth-order valence-corrected chi connectivity index (χ4v) is 4.85. The lowest BCUT2D eigenvalue weighted by Gasteiger charge is -2.34. The van der Waals surface area contributed by atoms with Gasteiger partial charge in [0.05, 0.1) is 11.4 Å². The van der Waals surface area contributed by atoms with Crippen molar-refractivity contribution in [2.45, 2.75) is 13.5 Å². The number of fused-ring (bicyclic) bond motifs is 1. The lowest BCUT2D eigenvalue weighted by molar-refractivity contribution is 0.0951. The number of carbonyl (C=O) groups is 1. The second-order valence-corrected chi connectivity index (χ2v) is 9.59. The first-order chi connectivity index (χ1) is 19.6. The molecule has 10 nitrogen and oxygen atoms in total. The Labute approximate surface area is 231 Å². The molecular weight excluding hydrogens is 504 g/mol. The van der Waals surface area contributed by atoms with Gasteiger partial charge in [0.15, 0.2) is 5.65 Å². The van der Waals surface area contributed by atoms with Crippen LogP contribution in [0.25, 0.3) is 16.7 Å². The van der Waals surface area contributed by atoms with Crippen LogP contribution in [0.1, 0.15) is 21.6 Å². The molecule has 1 saturated heterocycles. The van der Waals surface area contributed by atoms with Crippen LogP contribution in [0.4, 0.5) is 11.9 Å². The van der Waals surface area contributed by atoms with Crippen molar-refractivity contribution in [2.75, 3.05) is 36.0 Å². The van der Waals surface area contributed by atoms with E-state index in [1.165, 1.54) is 6.07 Å². The molecule has 0 atom stereocenters. The van der Waals surface area contributed by atoms with Crippen molar-refractivity contribution in [2.24, 2.45) is 0 Å². The largest absolute Gasteiger partial charge is 0.348 e. The molecule has 4 heterocycles. The van der Waals surface area contributed by atoms with Crippen LogP contribution in [0.15, 0.2) is 90.0 Å². The van der Waals surface area contributed by atoms with Gasteiger partial charge in [-0.3, -0.25) is 14.2 Å². The lowest BCUT2D eigenvalue weighted by atomic mass is 10.1. The maximum atomic E-state index is 13.1. The first-order valence-electron chi connectivity index (χ1n) is 13.2. The number of rotatable bonds is 6. The predicted octanol–water partition coefficient (Wildman–Crippen LogP) is 3.14. The smallest absolute Gasteiger partial charge is 0.256 e. The molecule has 1 aliphatic heterocycles. The standard InChI is InChI=1S/C30H28N8O2/c1-21-25-12-13-26(39)38(24-10-8-23(9-11-24)28(40)33-20-22-6-3-2-4-7-22)27(25)35-30(34-21)37-18-16-36(17-19-37)29-31-14-5-15-32-29/h2-15H,16-20H2,1H3,(H,33,40). The minimum atomic E-state index is -0.205. The Balaban J connectivity index is 1.25. The molecule has 10 heteroatoms. The molecule has 1 aliphatic rings. The molecule has 6 rings (SSSR count). The molecule has 5 aromatic rings. The Morgan fingerprint density at radius 2 is 1.48 bits per heavy atom. The summed E-state index contributed by atoms with van der Waals surface area (Å²) >= 11 is 0. The molecule has 0 unspecified atom stereocenters. The fourth-order valence-electron chi connectivity index (χ4n) is 4.85. The number of aryl methyl sites for hydroxylation is 1. The maximum Gasteiger partial charge on any atom is 0.256 e. The summed E-state index contributed by atoms with van der Waals surface area (Å²) in [5.41, 5.74) is 3.29. The van der Waals surface area contributed by atoms with Gasteiger partial charge in [0, 0.05) is 62.1 Å². The average molecular weight is 533 g/mol. The number of aromatic nitrogens is 5. The molecule has 3 aromatic heterocycles. The third kappa shape index (κ3) is 5.11. The van der Waals surface area contributed by atoms with Crippen LogP contribution in [0.3, 0.4) is 0 Å². The van der Waals surface area contributed by atoms with Crippen molar-refractivity contribution >= 4 is 28.8 Å². The first kappa shape index (κ1) is 25.2. The van der Waals surface area contributed by atoms with Crippen LogP contribution < -0.4 is 20.7 Å². The van der Waals surface area contributed by atoms with E-state index in [1.54, 1.807) is 53.4 Å². The average Bonchev–Trinajstić information content (AvgIpc) is 3.01. The summed E-state index contributed by atoms with van der Waals surface area (Å²) in [5.74, 6) is 1.11. The molecule has 40 heavy (non-hydrogen) atoms. The second kappa shape index (κ2) is 10.9. The molecule has 200 valence electrons. The van der Waals surface area contributed by atoms with Gasteiger partial charge in [-0.15, -0.1) is 0 Å². The highest BCUT2D eigenvalue weighted by Crippen LogP contribution is 2.22. The number of piperazine rings is 1. The highest BCUT2D eigenvalue weighted by Gasteiger charge is 2.22. The van der Waals surface area contributed by atoms with Crippen molar-refractivity contribution < 1.29 is 4.79 Å². The van der Waals surface area contributed by atoms with Crippen LogP contribution in [0.2, 0.25) is 0 Å². The van der Waals surface area contributed by atoms with Crippen LogP contribution in [0.5, 0.6) is 0 Å². The molecule has 0 radical (unpaired) electrons. The van der Waals surface area contributed by atoms with Gasteiger partial charge in [-0.05, 0) is 48.9 Å². The number of benzene rings is 2. The maximum absolute atomic E-state index is 13.1. The van der Waals surface area contributed by atoms with Crippen LogP contribution in [0, 0.1) is 6.92 Å². The zero-order valence-electron chi connectivity index (χ0n) is 22.1. The van der Waals surface area contributed by atoms with E-state index in [1.807, 2.05) is 37.3 Å². The van der Waals surface area contributed by atoms with E-state index in [0.29, 0.717) is 48.4 Å². The van der Waals surface area contributed by atoms with Crippen molar-refractivity contribution in [1.29, 1.82) is 0 Å². The van der Waals surface area contributed by atoms with Gasteiger partial charge in [0.2, 0.25) is 11.9 Å². The number of nitrogens with zero attached hydrogens (tertiary/aromatic N) is 7.